The fourth-order valence-corrected chi connectivity index (χ4v) is 1.53. The molecule has 1 aromatic carbocycles. The Hall–Kier alpha value is -1.62. The molecule has 92 valence electrons. The smallest absolute Gasteiger partial charge is 0.295 e. The van der Waals surface area contributed by atoms with E-state index in [0.29, 0.717) is 4.90 Å². The van der Waals surface area contributed by atoms with Gasteiger partial charge in [0, 0.05) is 5.56 Å². The highest BCUT2D eigenvalue weighted by Gasteiger charge is 2.32. The number of ketones is 2. The summed E-state index contributed by atoms with van der Waals surface area (Å²) in [6, 6.07) is 6.50. The number of alkyl halides is 2. The Morgan fingerprint density at radius 1 is 1.18 bits per heavy atom. The number of halogens is 2. The van der Waals surface area contributed by atoms with Crippen LogP contribution in [0.25, 0.3) is 0 Å². The molecule has 0 amide bonds. The average molecular weight is 241 g/mol. The molecule has 0 aliphatic heterocycles. The molecule has 0 saturated heterocycles. The van der Waals surface area contributed by atoms with E-state index in [0.717, 1.165) is 14.0 Å². The van der Waals surface area contributed by atoms with Gasteiger partial charge in [-0.25, -0.2) is 4.90 Å². The van der Waals surface area contributed by atoms with Crippen LogP contribution >= 0.6 is 0 Å². The van der Waals surface area contributed by atoms with Gasteiger partial charge in [-0.1, -0.05) is 30.3 Å². The second-order valence-electron chi connectivity index (χ2n) is 3.69. The number of carbonyl (C=O) groups excluding carboxylic acids is 2. The molecular formula is C12H13F2NO2. The number of rotatable bonds is 5. The van der Waals surface area contributed by atoms with E-state index >= 15 is 0 Å². The van der Waals surface area contributed by atoms with Gasteiger partial charge in [0.25, 0.3) is 6.55 Å². The van der Waals surface area contributed by atoms with E-state index in [1.54, 1.807) is 18.2 Å². The molecule has 1 aromatic rings. The highest BCUT2D eigenvalue weighted by molar-refractivity contribution is 6.13. The largest absolute Gasteiger partial charge is 0.298 e. The lowest BCUT2D eigenvalue weighted by Crippen LogP contribution is -2.46. The molecule has 0 bridgehead atoms. The fourth-order valence-electron chi connectivity index (χ4n) is 1.53. The Balaban J connectivity index is 3.01. The predicted molar refractivity (Wildman–Crippen MR) is 59.0 cm³/mol. The zero-order valence-corrected chi connectivity index (χ0v) is 9.56. The highest BCUT2D eigenvalue weighted by atomic mass is 19.3. The van der Waals surface area contributed by atoms with Crippen LogP contribution in [-0.2, 0) is 4.79 Å². The monoisotopic (exact) mass is 241 g/mol. The first kappa shape index (κ1) is 13.4. The number of nitrogens with zero attached hydrogens (tertiary/aromatic N) is 1. The second kappa shape index (κ2) is 5.63. The number of hydrogen-bond acceptors (Lipinski definition) is 3. The van der Waals surface area contributed by atoms with Crippen molar-refractivity contribution >= 4 is 11.6 Å². The normalized spacial score (nSPS) is 12.8. The maximum atomic E-state index is 12.5. The van der Waals surface area contributed by atoms with Crippen molar-refractivity contribution in [2.45, 2.75) is 19.5 Å². The summed E-state index contributed by atoms with van der Waals surface area (Å²) in [5.74, 6) is -1.21. The van der Waals surface area contributed by atoms with Crippen molar-refractivity contribution in [1.29, 1.82) is 0 Å². The Labute approximate surface area is 98.0 Å². The quantitative estimate of drug-likeness (QED) is 0.449. The van der Waals surface area contributed by atoms with Crippen molar-refractivity contribution in [2.24, 2.45) is 0 Å². The van der Waals surface area contributed by atoms with Crippen LogP contribution < -0.4 is 0 Å². The maximum absolute atomic E-state index is 12.5. The van der Waals surface area contributed by atoms with Gasteiger partial charge in [-0.2, -0.15) is 8.78 Å². The standard InChI is InChI=1S/C12H13F2NO2/c1-8(16)10(15(2)12(13)14)11(17)9-6-4-3-5-7-9/h3-7,10,12H,1-2H3. The highest BCUT2D eigenvalue weighted by Crippen LogP contribution is 2.13. The van der Waals surface area contributed by atoms with Crippen molar-refractivity contribution in [3.63, 3.8) is 0 Å². The van der Waals surface area contributed by atoms with E-state index in [9.17, 15) is 18.4 Å². The van der Waals surface area contributed by atoms with Gasteiger partial charge in [0.15, 0.2) is 11.6 Å². The zero-order valence-electron chi connectivity index (χ0n) is 9.56. The van der Waals surface area contributed by atoms with Gasteiger partial charge >= 0.3 is 0 Å². The first-order chi connectivity index (χ1) is 7.95. The first-order valence-electron chi connectivity index (χ1n) is 5.05. The maximum Gasteiger partial charge on any atom is 0.295 e. The molecule has 1 unspecified atom stereocenters. The lowest BCUT2D eigenvalue weighted by molar-refractivity contribution is -0.125. The molecule has 3 nitrogen and oxygen atoms in total. The molecule has 5 heteroatoms. The summed E-state index contributed by atoms with van der Waals surface area (Å²) >= 11 is 0. The number of hydrogen-bond donors (Lipinski definition) is 0. The lowest BCUT2D eigenvalue weighted by atomic mass is 10.0. The molecule has 1 atom stereocenters. The lowest BCUT2D eigenvalue weighted by Gasteiger charge is -2.23. The van der Waals surface area contributed by atoms with Crippen molar-refractivity contribution in [3.05, 3.63) is 35.9 Å². The second-order valence-corrected chi connectivity index (χ2v) is 3.69. The fraction of sp³-hybridized carbons (Fsp3) is 0.333. The average Bonchev–Trinajstić information content (AvgIpc) is 2.29. The molecular weight excluding hydrogens is 228 g/mol. The molecule has 0 aromatic heterocycles. The number of likely N-dealkylation sites (N-methyl/N-ethyl adjacent to an activating group) is 1. The van der Waals surface area contributed by atoms with E-state index in [1.807, 2.05) is 0 Å². The SMILES string of the molecule is CC(=O)C(C(=O)c1ccccc1)N(C)C(F)F. The van der Waals surface area contributed by atoms with Gasteiger partial charge < -0.3 is 0 Å². The molecule has 17 heavy (non-hydrogen) atoms. The molecule has 0 N–H and O–H groups in total. The van der Waals surface area contributed by atoms with E-state index in [1.165, 1.54) is 12.1 Å². The first-order valence-corrected chi connectivity index (χ1v) is 5.05. The zero-order chi connectivity index (χ0) is 13.0. The van der Waals surface area contributed by atoms with Crippen LogP contribution in [0.15, 0.2) is 30.3 Å². The minimum Gasteiger partial charge on any atom is -0.298 e. The topological polar surface area (TPSA) is 37.4 Å². The Bertz CT molecular complexity index is 406. The summed E-state index contributed by atoms with van der Waals surface area (Å²) in [6.45, 7) is -1.72. The van der Waals surface area contributed by atoms with E-state index in [4.69, 9.17) is 0 Å². The number of benzene rings is 1. The summed E-state index contributed by atoms with van der Waals surface area (Å²) in [6.07, 6.45) is 0. The third kappa shape index (κ3) is 3.17. The van der Waals surface area contributed by atoms with Crippen LogP contribution in [0, 0.1) is 0 Å². The third-order valence-electron chi connectivity index (χ3n) is 2.41. The number of Topliss-reactive ketones (excluding diaryl/α,β-unsaturated/α-hetero) is 2. The van der Waals surface area contributed by atoms with Gasteiger partial charge in [0.05, 0.1) is 0 Å². The van der Waals surface area contributed by atoms with Crippen LogP contribution in [-0.4, -0.2) is 36.1 Å². The minimum atomic E-state index is -2.85. The molecule has 0 spiro atoms. The summed E-state index contributed by atoms with van der Waals surface area (Å²) in [5.41, 5.74) is 0.250. The van der Waals surface area contributed by atoms with Gasteiger partial charge in [0.1, 0.15) is 6.04 Å². The molecule has 0 heterocycles. The predicted octanol–water partition coefficient (Wildman–Crippen LogP) is 1.98. The molecule has 0 radical (unpaired) electrons. The molecule has 0 aliphatic rings. The van der Waals surface area contributed by atoms with Crippen LogP contribution in [0.4, 0.5) is 8.78 Å². The van der Waals surface area contributed by atoms with Crippen LogP contribution in [0.2, 0.25) is 0 Å². The van der Waals surface area contributed by atoms with E-state index in [-0.39, 0.29) is 5.56 Å². The molecule has 1 rings (SSSR count). The van der Waals surface area contributed by atoms with Gasteiger partial charge in [-0.3, -0.25) is 9.59 Å². The Morgan fingerprint density at radius 2 is 1.71 bits per heavy atom. The van der Waals surface area contributed by atoms with E-state index in [2.05, 4.69) is 0 Å². The summed E-state index contributed by atoms with van der Waals surface area (Å²) in [5, 5.41) is 0. The molecule has 0 saturated carbocycles. The summed E-state index contributed by atoms with van der Waals surface area (Å²) in [7, 11) is 1.05. The van der Waals surface area contributed by atoms with Crippen molar-refractivity contribution < 1.29 is 18.4 Å². The van der Waals surface area contributed by atoms with Crippen molar-refractivity contribution in [2.75, 3.05) is 7.05 Å². The Morgan fingerprint density at radius 3 is 2.12 bits per heavy atom. The van der Waals surface area contributed by atoms with Gasteiger partial charge in [-0.15, -0.1) is 0 Å². The van der Waals surface area contributed by atoms with Gasteiger partial charge in [0.2, 0.25) is 0 Å². The van der Waals surface area contributed by atoms with Gasteiger partial charge in [-0.05, 0) is 14.0 Å². The van der Waals surface area contributed by atoms with Crippen LogP contribution in [0.5, 0.6) is 0 Å². The van der Waals surface area contributed by atoms with Crippen LogP contribution in [0.1, 0.15) is 17.3 Å². The molecule has 0 aliphatic carbocycles. The van der Waals surface area contributed by atoms with Crippen molar-refractivity contribution in [1.82, 2.24) is 4.90 Å². The van der Waals surface area contributed by atoms with E-state index < -0.39 is 24.2 Å². The number of carbonyl (C=O) groups is 2. The van der Waals surface area contributed by atoms with Crippen LogP contribution in [0.3, 0.4) is 0 Å². The summed E-state index contributed by atoms with van der Waals surface area (Å²) in [4.78, 5) is 23.7. The third-order valence-corrected chi connectivity index (χ3v) is 2.41. The Kier molecular flexibility index (Phi) is 4.45. The summed E-state index contributed by atoms with van der Waals surface area (Å²) < 4.78 is 25.1. The minimum absolute atomic E-state index is 0.250. The van der Waals surface area contributed by atoms with Crippen molar-refractivity contribution in [3.8, 4) is 0 Å². The molecule has 0 fully saturated rings.